The second-order valence-electron chi connectivity index (χ2n) is 22.1. The van der Waals surface area contributed by atoms with Crippen molar-refractivity contribution in [1.29, 1.82) is 0 Å². The molecule has 0 aromatic rings. The molecule has 0 heterocycles. The quantitative estimate of drug-likeness (QED) is 0.0320. The molecule has 0 saturated carbocycles. The van der Waals surface area contributed by atoms with Gasteiger partial charge in [-0.15, -0.1) is 0 Å². The van der Waals surface area contributed by atoms with Crippen molar-refractivity contribution >= 4 is 11.9 Å². The van der Waals surface area contributed by atoms with Crippen LogP contribution in [0.25, 0.3) is 0 Å². The van der Waals surface area contributed by atoms with Crippen molar-refractivity contribution in [1.82, 2.24) is 5.32 Å². The van der Waals surface area contributed by atoms with E-state index in [-0.39, 0.29) is 18.5 Å². The highest BCUT2D eigenvalue weighted by Gasteiger charge is 2.20. The molecule has 0 radical (unpaired) electrons. The molecular weight excluding hydrogens is 875 g/mol. The van der Waals surface area contributed by atoms with Crippen molar-refractivity contribution in [3.63, 3.8) is 0 Å². The summed E-state index contributed by atoms with van der Waals surface area (Å²) in [5.41, 5.74) is 0. The number of aliphatic hydroxyl groups excluding tert-OH is 2. The number of unbranched alkanes of at least 4 members (excludes halogenated alkanes) is 45. The standard InChI is InChI=1S/C65H125NO5/c1-3-5-7-9-11-13-15-16-32-36-39-43-47-51-55-59-65(70)71-60-56-52-48-44-40-37-34-31-29-27-25-23-21-19-17-18-20-22-24-26-28-30-33-35-38-42-46-50-54-58-64(69)66-62(61-67)63(68)57-53-49-45-41-14-12-10-8-6-4-2/h11,13,16,32,62-63,67-68H,3-10,12,14-15,17-31,33-61H2,1-2H3,(H,66,69)/b13-11-,32-16-. The van der Waals surface area contributed by atoms with Gasteiger partial charge in [-0.3, -0.25) is 9.59 Å². The number of rotatable bonds is 60. The highest BCUT2D eigenvalue weighted by molar-refractivity contribution is 5.76. The highest BCUT2D eigenvalue weighted by Crippen LogP contribution is 2.18. The fraction of sp³-hybridized carbons (Fsp3) is 0.908. The van der Waals surface area contributed by atoms with Crippen LogP contribution >= 0.6 is 0 Å². The Kier molecular flexibility index (Phi) is 59.5. The van der Waals surface area contributed by atoms with Gasteiger partial charge in [-0.25, -0.2) is 0 Å². The molecule has 0 aromatic heterocycles. The highest BCUT2D eigenvalue weighted by atomic mass is 16.5. The largest absolute Gasteiger partial charge is 0.466 e. The Morgan fingerprint density at radius 1 is 0.394 bits per heavy atom. The minimum absolute atomic E-state index is 0.00564. The molecule has 71 heavy (non-hydrogen) atoms. The van der Waals surface area contributed by atoms with Crippen molar-refractivity contribution in [2.75, 3.05) is 13.2 Å². The van der Waals surface area contributed by atoms with Crippen LogP contribution in [0.5, 0.6) is 0 Å². The summed E-state index contributed by atoms with van der Waals surface area (Å²) in [6.45, 7) is 4.93. The summed E-state index contributed by atoms with van der Waals surface area (Å²) in [5, 5.41) is 23.2. The van der Waals surface area contributed by atoms with Crippen LogP contribution in [0.3, 0.4) is 0 Å². The van der Waals surface area contributed by atoms with Crippen molar-refractivity contribution in [3.05, 3.63) is 24.3 Å². The van der Waals surface area contributed by atoms with Crippen molar-refractivity contribution in [2.45, 2.75) is 366 Å². The lowest BCUT2D eigenvalue weighted by Gasteiger charge is -2.22. The molecule has 0 fully saturated rings. The zero-order chi connectivity index (χ0) is 51.4. The molecule has 6 heteroatoms. The lowest BCUT2D eigenvalue weighted by molar-refractivity contribution is -0.143. The average Bonchev–Trinajstić information content (AvgIpc) is 3.37. The first-order chi connectivity index (χ1) is 35.0. The molecular formula is C65H125NO5. The zero-order valence-electron chi connectivity index (χ0n) is 48.0. The summed E-state index contributed by atoms with van der Waals surface area (Å²) in [7, 11) is 0. The van der Waals surface area contributed by atoms with Gasteiger partial charge in [0.05, 0.1) is 25.4 Å². The summed E-state index contributed by atoms with van der Waals surface area (Å²) < 4.78 is 5.48. The maximum absolute atomic E-state index is 12.4. The first-order valence-electron chi connectivity index (χ1n) is 32.1. The molecule has 6 nitrogen and oxygen atoms in total. The third kappa shape index (κ3) is 57.5. The summed E-state index contributed by atoms with van der Waals surface area (Å²) in [5.74, 6) is -0.0262. The Bertz CT molecular complexity index is 1110. The monoisotopic (exact) mass is 1000 g/mol. The van der Waals surface area contributed by atoms with E-state index < -0.39 is 12.1 Å². The zero-order valence-corrected chi connectivity index (χ0v) is 48.0. The molecule has 0 aliphatic carbocycles. The van der Waals surface area contributed by atoms with Gasteiger partial charge in [-0.05, 0) is 57.8 Å². The number of hydrogen-bond acceptors (Lipinski definition) is 5. The van der Waals surface area contributed by atoms with Crippen molar-refractivity contribution < 1.29 is 24.5 Å². The van der Waals surface area contributed by atoms with Gasteiger partial charge in [0.2, 0.25) is 5.91 Å². The van der Waals surface area contributed by atoms with E-state index in [0.717, 1.165) is 51.4 Å². The lowest BCUT2D eigenvalue weighted by Crippen LogP contribution is -2.45. The molecule has 2 unspecified atom stereocenters. The Balaban J connectivity index is 3.31. The number of carbonyl (C=O) groups excluding carboxylic acids is 2. The van der Waals surface area contributed by atoms with Gasteiger partial charge >= 0.3 is 5.97 Å². The number of nitrogens with one attached hydrogen (secondary N) is 1. The number of esters is 1. The number of amides is 1. The molecule has 3 N–H and O–H groups in total. The van der Waals surface area contributed by atoms with Gasteiger partial charge in [0, 0.05) is 12.8 Å². The molecule has 0 spiro atoms. The van der Waals surface area contributed by atoms with Gasteiger partial charge < -0.3 is 20.3 Å². The predicted molar refractivity (Wildman–Crippen MR) is 310 cm³/mol. The van der Waals surface area contributed by atoms with E-state index in [1.807, 2.05) is 0 Å². The van der Waals surface area contributed by atoms with Gasteiger partial charge in [0.15, 0.2) is 0 Å². The summed E-state index contributed by atoms with van der Waals surface area (Å²) in [6.07, 6.45) is 75.0. The van der Waals surface area contributed by atoms with Crippen molar-refractivity contribution in [2.24, 2.45) is 0 Å². The number of ether oxygens (including phenoxy) is 1. The third-order valence-electron chi connectivity index (χ3n) is 15.0. The maximum Gasteiger partial charge on any atom is 0.305 e. The van der Waals surface area contributed by atoms with Gasteiger partial charge in [0.25, 0.3) is 0 Å². The minimum atomic E-state index is -0.659. The Labute approximate surface area is 443 Å². The van der Waals surface area contributed by atoms with Crippen LogP contribution in [0.4, 0.5) is 0 Å². The Morgan fingerprint density at radius 2 is 0.704 bits per heavy atom. The van der Waals surface area contributed by atoms with Crippen LogP contribution in [-0.4, -0.2) is 47.4 Å². The Hall–Kier alpha value is -1.66. The number of carbonyl (C=O) groups is 2. The topological polar surface area (TPSA) is 95.9 Å². The van der Waals surface area contributed by atoms with Gasteiger partial charge in [-0.2, -0.15) is 0 Å². The van der Waals surface area contributed by atoms with E-state index in [0.29, 0.717) is 25.9 Å². The van der Waals surface area contributed by atoms with Crippen LogP contribution < -0.4 is 5.32 Å². The average molecular weight is 1000 g/mol. The molecule has 0 aliphatic heterocycles. The van der Waals surface area contributed by atoms with E-state index in [1.54, 1.807) is 0 Å². The van der Waals surface area contributed by atoms with E-state index >= 15 is 0 Å². The van der Waals surface area contributed by atoms with Gasteiger partial charge in [-0.1, -0.05) is 308 Å². The van der Waals surface area contributed by atoms with E-state index in [4.69, 9.17) is 4.74 Å². The number of allylic oxidation sites excluding steroid dienone is 4. The molecule has 0 rings (SSSR count). The smallest absolute Gasteiger partial charge is 0.305 e. The summed E-state index contributed by atoms with van der Waals surface area (Å²) in [6, 6.07) is -0.536. The van der Waals surface area contributed by atoms with E-state index in [2.05, 4.69) is 43.5 Å². The SMILES string of the molecule is CCCCC/C=C\C/C=C\CCCCCCCC(=O)OCCCCCCCCCCCCCCCCCCCCCCCCCCCCCCCC(=O)NC(CO)C(O)CCCCCCCCCCCC. The third-order valence-corrected chi connectivity index (χ3v) is 15.0. The predicted octanol–water partition coefficient (Wildman–Crippen LogP) is 20.2. The second kappa shape index (κ2) is 60.9. The number of aliphatic hydroxyl groups is 2. The second-order valence-corrected chi connectivity index (χ2v) is 22.1. The first-order valence-corrected chi connectivity index (χ1v) is 32.1. The fourth-order valence-electron chi connectivity index (χ4n) is 10.1. The molecule has 420 valence electrons. The lowest BCUT2D eigenvalue weighted by atomic mass is 10.0. The normalized spacial score (nSPS) is 12.7. The van der Waals surface area contributed by atoms with Crippen LogP contribution in [0.1, 0.15) is 354 Å². The molecule has 1 amide bonds. The molecule has 0 aliphatic rings. The first kappa shape index (κ1) is 69.3. The summed E-state index contributed by atoms with van der Waals surface area (Å²) >= 11 is 0. The molecule has 0 saturated heterocycles. The van der Waals surface area contributed by atoms with Crippen molar-refractivity contribution in [3.8, 4) is 0 Å². The molecule has 0 bridgehead atoms. The van der Waals surface area contributed by atoms with Crippen LogP contribution in [0.2, 0.25) is 0 Å². The number of hydrogen-bond donors (Lipinski definition) is 3. The molecule has 0 aromatic carbocycles. The maximum atomic E-state index is 12.4. The Morgan fingerprint density at radius 3 is 1.10 bits per heavy atom. The molecule has 2 atom stereocenters. The van der Waals surface area contributed by atoms with Crippen LogP contribution in [-0.2, 0) is 14.3 Å². The fourth-order valence-corrected chi connectivity index (χ4v) is 10.1. The van der Waals surface area contributed by atoms with E-state index in [9.17, 15) is 19.8 Å². The minimum Gasteiger partial charge on any atom is -0.466 e. The van der Waals surface area contributed by atoms with Crippen LogP contribution in [0.15, 0.2) is 24.3 Å². The van der Waals surface area contributed by atoms with E-state index in [1.165, 1.54) is 270 Å². The summed E-state index contributed by atoms with van der Waals surface area (Å²) in [4.78, 5) is 24.5. The van der Waals surface area contributed by atoms with Crippen LogP contribution in [0, 0.1) is 0 Å². The van der Waals surface area contributed by atoms with Gasteiger partial charge in [0.1, 0.15) is 0 Å².